The third-order valence-electron chi connectivity index (χ3n) is 5.48. The van der Waals surface area contributed by atoms with Crippen molar-refractivity contribution >= 4 is 23.3 Å². The molecule has 2 aliphatic heterocycles. The highest BCUT2D eigenvalue weighted by atomic mass is 16.5. The van der Waals surface area contributed by atoms with Gasteiger partial charge in [0.1, 0.15) is 0 Å². The Morgan fingerprint density at radius 3 is 2.48 bits per heavy atom. The van der Waals surface area contributed by atoms with Gasteiger partial charge in [-0.05, 0) is 24.6 Å². The molecule has 0 aliphatic carbocycles. The van der Waals surface area contributed by atoms with Crippen LogP contribution < -0.4 is 15.0 Å². The molecule has 8 heteroatoms. The number of aromatic nitrogens is 1. The lowest BCUT2D eigenvalue weighted by molar-refractivity contribution is -0.122. The molecule has 2 aromatic rings. The van der Waals surface area contributed by atoms with Gasteiger partial charge in [0.2, 0.25) is 11.8 Å². The van der Waals surface area contributed by atoms with Crippen LogP contribution in [-0.4, -0.2) is 72.6 Å². The summed E-state index contributed by atoms with van der Waals surface area (Å²) >= 11 is 0. The molecule has 2 aliphatic rings. The number of nitrogens with zero attached hydrogens (tertiary/aromatic N) is 4. The summed E-state index contributed by atoms with van der Waals surface area (Å²) in [5, 5.41) is 2.86. The highest BCUT2D eigenvalue weighted by Gasteiger charge is 2.38. The zero-order chi connectivity index (χ0) is 20.2. The van der Waals surface area contributed by atoms with Crippen LogP contribution in [0.15, 0.2) is 48.7 Å². The number of ether oxygens (including phenoxy) is 1. The van der Waals surface area contributed by atoms with Gasteiger partial charge in [0.15, 0.2) is 0 Å². The van der Waals surface area contributed by atoms with Crippen LogP contribution in [0.2, 0.25) is 0 Å². The first-order chi connectivity index (χ1) is 14.2. The summed E-state index contributed by atoms with van der Waals surface area (Å²) in [7, 11) is 1.55. The lowest BCUT2D eigenvalue weighted by Crippen LogP contribution is -2.54. The number of methoxy groups -OCH3 is 1. The Labute approximate surface area is 170 Å². The number of pyridine rings is 1. The van der Waals surface area contributed by atoms with Crippen LogP contribution in [0, 0.1) is 0 Å². The van der Waals surface area contributed by atoms with Gasteiger partial charge in [-0.15, -0.1) is 0 Å². The zero-order valence-electron chi connectivity index (χ0n) is 16.5. The van der Waals surface area contributed by atoms with E-state index in [1.54, 1.807) is 30.3 Å². The minimum absolute atomic E-state index is 0.105. The summed E-state index contributed by atoms with van der Waals surface area (Å²) in [5.41, 5.74) is 1.58. The van der Waals surface area contributed by atoms with E-state index in [2.05, 4.69) is 15.2 Å². The number of urea groups is 1. The van der Waals surface area contributed by atoms with Crippen molar-refractivity contribution in [3.8, 4) is 5.88 Å². The average Bonchev–Trinajstić information content (AvgIpc) is 3.16. The third-order valence-corrected chi connectivity index (χ3v) is 5.48. The molecule has 8 nitrogen and oxygen atoms in total. The monoisotopic (exact) mass is 395 g/mol. The topological polar surface area (TPSA) is 78.0 Å². The number of para-hydroxylation sites is 1. The highest BCUT2D eigenvalue weighted by Crippen LogP contribution is 2.25. The maximum atomic E-state index is 12.9. The minimum atomic E-state index is -0.153. The molecular formula is C21H25N5O3. The summed E-state index contributed by atoms with van der Waals surface area (Å²) in [6.07, 6.45) is 2.39. The van der Waals surface area contributed by atoms with Gasteiger partial charge < -0.3 is 19.9 Å². The van der Waals surface area contributed by atoms with Crippen LogP contribution in [0.3, 0.4) is 0 Å². The summed E-state index contributed by atoms with van der Waals surface area (Å²) in [4.78, 5) is 35.3. The molecule has 2 fully saturated rings. The Morgan fingerprint density at radius 1 is 1.07 bits per heavy atom. The van der Waals surface area contributed by atoms with Gasteiger partial charge in [0.05, 0.1) is 25.0 Å². The zero-order valence-corrected chi connectivity index (χ0v) is 16.5. The Bertz CT molecular complexity index is 850. The largest absolute Gasteiger partial charge is 0.481 e. The van der Waals surface area contributed by atoms with Crippen molar-refractivity contribution in [3.05, 3.63) is 48.7 Å². The molecule has 3 amide bonds. The molecular weight excluding hydrogens is 370 g/mol. The molecule has 4 rings (SSSR count). The number of anilines is 2. The van der Waals surface area contributed by atoms with E-state index in [1.807, 2.05) is 35.2 Å². The Hall–Kier alpha value is -3.13. The van der Waals surface area contributed by atoms with E-state index in [0.29, 0.717) is 37.7 Å². The van der Waals surface area contributed by atoms with Crippen molar-refractivity contribution in [3.63, 3.8) is 0 Å². The Kier molecular flexibility index (Phi) is 5.62. The van der Waals surface area contributed by atoms with E-state index < -0.39 is 0 Å². The van der Waals surface area contributed by atoms with Crippen molar-refractivity contribution in [1.29, 1.82) is 0 Å². The van der Waals surface area contributed by atoms with Crippen LogP contribution in [0.4, 0.5) is 16.2 Å². The van der Waals surface area contributed by atoms with Gasteiger partial charge >= 0.3 is 6.03 Å². The third kappa shape index (κ3) is 4.17. The first-order valence-electron chi connectivity index (χ1n) is 9.82. The van der Waals surface area contributed by atoms with Crippen LogP contribution >= 0.6 is 0 Å². The summed E-state index contributed by atoms with van der Waals surface area (Å²) < 4.78 is 5.02. The fourth-order valence-electron chi connectivity index (χ4n) is 3.88. The molecule has 3 heterocycles. The molecule has 1 atom stereocenters. The van der Waals surface area contributed by atoms with Gasteiger partial charge in [0.25, 0.3) is 0 Å². The molecule has 0 spiro atoms. The Balaban J connectivity index is 1.30. The molecule has 29 heavy (non-hydrogen) atoms. The predicted molar refractivity (Wildman–Crippen MR) is 110 cm³/mol. The molecule has 152 valence electrons. The van der Waals surface area contributed by atoms with Gasteiger partial charge in [-0.2, -0.15) is 0 Å². The number of hydrogen-bond donors (Lipinski definition) is 1. The average molecular weight is 395 g/mol. The molecule has 0 saturated carbocycles. The summed E-state index contributed by atoms with van der Waals surface area (Å²) in [5.74, 6) is 0.654. The fraction of sp³-hybridized carbons (Fsp3) is 0.381. The second kappa shape index (κ2) is 8.48. The SMILES string of the molecule is COc1ccc(NC(=O)N2CCN(C3CCN(c4ccccc4)C3=O)CC2)cn1. The van der Waals surface area contributed by atoms with E-state index in [4.69, 9.17) is 4.74 Å². The number of carbonyl (C=O) groups is 2. The summed E-state index contributed by atoms with van der Waals surface area (Å²) in [6.45, 7) is 3.29. The lowest BCUT2D eigenvalue weighted by atomic mass is 10.2. The molecule has 2 saturated heterocycles. The molecule has 0 bridgehead atoms. The molecule has 1 aromatic carbocycles. The van der Waals surface area contributed by atoms with E-state index in [0.717, 1.165) is 18.7 Å². The predicted octanol–water partition coefficient (Wildman–Crippen LogP) is 2.05. The van der Waals surface area contributed by atoms with Crippen molar-refractivity contribution in [2.75, 3.05) is 50.1 Å². The van der Waals surface area contributed by atoms with Gasteiger partial charge in [-0.3, -0.25) is 9.69 Å². The van der Waals surface area contributed by atoms with Crippen molar-refractivity contribution in [2.45, 2.75) is 12.5 Å². The maximum Gasteiger partial charge on any atom is 0.321 e. The van der Waals surface area contributed by atoms with Crippen molar-refractivity contribution < 1.29 is 14.3 Å². The number of piperazine rings is 1. The standard InChI is InChI=1S/C21H25N5O3/c1-29-19-8-7-16(15-22-19)23-21(28)25-13-11-24(12-14-25)18-9-10-26(20(18)27)17-5-3-2-4-6-17/h2-8,15,18H,9-14H2,1H3,(H,23,28). The normalized spacial score (nSPS) is 20.0. The minimum Gasteiger partial charge on any atom is -0.481 e. The fourth-order valence-corrected chi connectivity index (χ4v) is 3.88. The smallest absolute Gasteiger partial charge is 0.321 e. The molecule has 1 N–H and O–H groups in total. The van der Waals surface area contributed by atoms with Gasteiger partial charge in [-0.1, -0.05) is 18.2 Å². The lowest BCUT2D eigenvalue weighted by Gasteiger charge is -2.37. The molecule has 1 unspecified atom stereocenters. The van der Waals surface area contributed by atoms with E-state index in [9.17, 15) is 9.59 Å². The van der Waals surface area contributed by atoms with E-state index >= 15 is 0 Å². The summed E-state index contributed by atoms with van der Waals surface area (Å²) in [6, 6.07) is 13.0. The molecule has 1 aromatic heterocycles. The number of benzene rings is 1. The van der Waals surface area contributed by atoms with Gasteiger partial charge in [-0.25, -0.2) is 9.78 Å². The quantitative estimate of drug-likeness (QED) is 0.857. The number of nitrogens with one attached hydrogen (secondary N) is 1. The van der Waals surface area contributed by atoms with E-state index in [1.165, 1.54) is 0 Å². The first kappa shape index (κ1) is 19.2. The van der Waals surface area contributed by atoms with Crippen molar-refractivity contribution in [2.24, 2.45) is 0 Å². The van der Waals surface area contributed by atoms with Crippen LogP contribution in [0.25, 0.3) is 0 Å². The number of amides is 3. The number of hydrogen-bond acceptors (Lipinski definition) is 5. The highest BCUT2D eigenvalue weighted by molar-refractivity contribution is 5.99. The second-order valence-electron chi connectivity index (χ2n) is 7.17. The number of carbonyl (C=O) groups excluding carboxylic acids is 2. The Morgan fingerprint density at radius 2 is 1.83 bits per heavy atom. The van der Waals surface area contributed by atoms with Crippen molar-refractivity contribution in [1.82, 2.24) is 14.8 Å². The second-order valence-corrected chi connectivity index (χ2v) is 7.17. The molecule has 0 radical (unpaired) electrons. The van der Waals surface area contributed by atoms with Crippen LogP contribution in [0.5, 0.6) is 5.88 Å². The van der Waals surface area contributed by atoms with Crippen LogP contribution in [0.1, 0.15) is 6.42 Å². The first-order valence-corrected chi connectivity index (χ1v) is 9.82. The van der Waals surface area contributed by atoms with Crippen LogP contribution in [-0.2, 0) is 4.79 Å². The number of rotatable bonds is 4. The maximum absolute atomic E-state index is 12.9. The van der Waals surface area contributed by atoms with Gasteiger partial charge in [0, 0.05) is 44.5 Å². The van der Waals surface area contributed by atoms with E-state index in [-0.39, 0.29) is 18.0 Å².